The van der Waals surface area contributed by atoms with Gasteiger partial charge in [-0.2, -0.15) is 0 Å². The van der Waals surface area contributed by atoms with Crippen molar-refractivity contribution < 1.29 is 4.79 Å². The minimum atomic E-state index is -0.0702. The Morgan fingerprint density at radius 2 is 1.90 bits per heavy atom. The van der Waals surface area contributed by atoms with E-state index in [1.54, 1.807) is 6.07 Å². The maximum Gasteiger partial charge on any atom is 0.251 e. The molecular formula is C25H27N5O. The Kier molecular flexibility index (Phi) is 4.77. The van der Waals surface area contributed by atoms with Crippen molar-refractivity contribution in [2.45, 2.75) is 45.7 Å². The summed E-state index contributed by atoms with van der Waals surface area (Å²) in [5.74, 6) is 0.735. The Balaban J connectivity index is 1.40. The van der Waals surface area contributed by atoms with E-state index in [2.05, 4.69) is 33.9 Å². The molecule has 0 fully saturated rings. The molecular weight excluding hydrogens is 386 g/mol. The van der Waals surface area contributed by atoms with Crippen LogP contribution in [0.5, 0.6) is 0 Å². The van der Waals surface area contributed by atoms with Crippen LogP contribution < -0.4 is 16.8 Å². The van der Waals surface area contributed by atoms with Crippen LogP contribution in [0, 0.1) is 0 Å². The van der Waals surface area contributed by atoms with Crippen LogP contribution in [0.25, 0.3) is 21.7 Å². The summed E-state index contributed by atoms with van der Waals surface area (Å²) in [6.45, 7) is 3.57. The molecule has 0 radical (unpaired) electrons. The van der Waals surface area contributed by atoms with Gasteiger partial charge in [0, 0.05) is 40.6 Å². The third kappa shape index (κ3) is 3.38. The van der Waals surface area contributed by atoms with Gasteiger partial charge >= 0.3 is 0 Å². The number of nitrogens with two attached hydrogens (primary N) is 2. The minimum absolute atomic E-state index is 0.0702. The van der Waals surface area contributed by atoms with Gasteiger partial charge < -0.3 is 21.4 Å². The molecule has 6 heteroatoms. The Bertz CT molecular complexity index is 1320. The van der Waals surface area contributed by atoms with Crippen LogP contribution in [-0.2, 0) is 25.9 Å². The van der Waals surface area contributed by atoms with E-state index in [0.29, 0.717) is 23.7 Å². The molecule has 1 aliphatic rings. The van der Waals surface area contributed by atoms with Gasteiger partial charge in [-0.15, -0.1) is 0 Å². The van der Waals surface area contributed by atoms with E-state index in [-0.39, 0.29) is 5.91 Å². The van der Waals surface area contributed by atoms with Gasteiger partial charge in [-0.1, -0.05) is 12.1 Å². The lowest BCUT2D eigenvalue weighted by Gasteiger charge is -2.14. The predicted octanol–water partition coefficient (Wildman–Crippen LogP) is 4.18. The van der Waals surface area contributed by atoms with Crippen molar-refractivity contribution in [3.63, 3.8) is 0 Å². The first-order valence-corrected chi connectivity index (χ1v) is 10.9. The van der Waals surface area contributed by atoms with E-state index in [0.717, 1.165) is 35.7 Å². The zero-order valence-corrected chi connectivity index (χ0v) is 17.7. The van der Waals surface area contributed by atoms with Crippen molar-refractivity contribution in [1.82, 2.24) is 14.9 Å². The number of nitrogens with one attached hydrogen (secondary N) is 1. The number of hydrogen-bond acceptors (Lipinski definition) is 4. The average Bonchev–Trinajstić information content (AvgIpc) is 3.10. The van der Waals surface area contributed by atoms with Crippen LogP contribution in [0.3, 0.4) is 0 Å². The lowest BCUT2D eigenvalue weighted by atomic mass is 9.95. The summed E-state index contributed by atoms with van der Waals surface area (Å²) < 4.78 is 2.41. The molecule has 0 bridgehead atoms. The smallest absolute Gasteiger partial charge is 0.251 e. The number of rotatable bonds is 4. The van der Waals surface area contributed by atoms with Gasteiger partial charge in [0.25, 0.3) is 5.91 Å². The number of carbonyl (C=O) groups excluding carboxylic acids is 1. The van der Waals surface area contributed by atoms with Gasteiger partial charge in [0.15, 0.2) is 0 Å². The minimum Gasteiger partial charge on any atom is -0.384 e. The number of nitrogens with zero attached hydrogens (tertiary/aromatic N) is 2. The number of hydrogen-bond donors (Lipinski definition) is 3. The number of benzene rings is 2. The SMILES string of the molecule is CCn1c2c(c3cc(C(=O)NCc4ccc5cc(N)nc(N)c5c4)ccc31)CCCC2. The molecule has 0 aliphatic heterocycles. The van der Waals surface area contributed by atoms with Crippen molar-refractivity contribution in [1.29, 1.82) is 0 Å². The molecule has 158 valence electrons. The highest BCUT2D eigenvalue weighted by Gasteiger charge is 2.20. The molecule has 5 rings (SSSR count). The van der Waals surface area contributed by atoms with Gasteiger partial charge in [0.05, 0.1) is 0 Å². The van der Waals surface area contributed by atoms with Gasteiger partial charge in [-0.05, 0) is 79.5 Å². The van der Waals surface area contributed by atoms with Crippen molar-refractivity contribution in [3.8, 4) is 0 Å². The molecule has 31 heavy (non-hydrogen) atoms. The zero-order chi connectivity index (χ0) is 21.5. The first-order valence-electron chi connectivity index (χ1n) is 10.9. The molecule has 6 nitrogen and oxygen atoms in total. The fourth-order valence-corrected chi connectivity index (χ4v) is 4.87. The number of anilines is 2. The molecule has 2 aromatic heterocycles. The summed E-state index contributed by atoms with van der Waals surface area (Å²) in [5.41, 5.74) is 17.6. The third-order valence-corrected chi connectivity index (χ3v) is 6.36. The maximum atomic E-state index is 12.9. The van der Waals surface area contributed by atoms with E-state index >= 15 is 0 Å². The topological polar surface area (TPSA) is 99.0 Å². The van der Waals surface area contributed by atoms with Crippen molar-refractivity contribution >= 4 is 39.2 Å². The second-order valence-corrected chi connectivity index (χ2v) is 8.28. The van der Waals surface area contributed by atoms with Crippen LogP contribution >= 0.6 is 0 Å². The second-order valence-electron chi connectivity index (χ2n) is 8.28. The number of nitrogen functional groups attached to an aromatic ring is 2. The second kappa shape index (κ2) is 7.61. The summed E-state index contributed by atoms with van der Waals surface area (Å²) in [4.78, 5) is 17.0. The van der Waals surface area contributed by atoms with Gasteiger partial charge in [0.2, 0.25) is 0 Å². The molecule has 0 saturated heterocycles. The number of carbonyl (C=O) groups is 1. The summed E-state index contributed by atoms with van der Waals surface area (Å²) >= 11 is 0. The lowest BCUT2D eigenvalue weighted by molar-refractivity contribution is 0.0951. The Labute approximate surface area is 181 Å². The molecule has 0 unspecified atom stereocenters. The normalized spacial score (nSPS) is 13.5. The van der Waals surface area contributed by atoms with E-state index in [1.165, 1.54) is 35.0 Å². The largest absolute Gasteiger partial charge is 0.384 e. The quantitative estimate of drug-likeness (QED) is 0.467. The summed E-state index contributed by atoms with van der Waals surface area (Å²) in [5, 5.41) is 6.06. The molecule has 2 heterocycles. The zero-order valence-electron chi connectivity index (χ0n) is 17.7. The number of pyridine rings is 1. The molecule has 0 saturated carbocycles. The van der Waals surface area contributed by atoms with Crippen LogP contribution in [-0.4, -0.2) is 15.5 Å². The summed E-state index contributed by atoms with van der Waals surface area (Å²) in [6, 6.07) is 13.8. The highest BCUT2D eigenvalue weighted by molar-refractivity contribution is 5.99. The first kappa shape index (κ1) is 19.4. The molecule has 0 atom stereocenters. The first-order chi connectivity index (χ1) is 15.0. The highest BCUT2D eigenvalue weighted by atomic mass is 16.1. The van der Waals surface area contributed by atoms with E-state index < -0.39 is 0 Å². The average molecular weight is 414 g/mol. The van der Waals surface area contributed by atoms with Crippen molar-refractivity contribution in [2.24, 2.45) is 0 Å². The fraction of sp³-hybridized carbons (Fsp3) is 0.280. The van der Waals surface area contributed by atoms with E-state index in [1.807, 2.05) is 24.3 Å². The van der Waals surface area contributed by atoms with Gasteiger partial charge in [-0.3, -0.25) is 4.79 Å². The summed E-state index contributed by atoms with van der Waals surface area (Å²) in [6.07, 6.45) is 4.69. The van der Waals surface area contributed by atoms with Crippen LogP contribution in [0.4, 0.5) is 11.6 Å². The monoisotopic (exact) mass is 413 g/mol. The Hall–Kier alpha value is -3.54. The predicted molar refractivity (Wildman–Crippen MR) is 126 cm³/mol. The van der Waals surface area contributed by atoms with Crippen LogP contribution in [0.2, 0.25) is 0 Å². The lowest BCUT2D eigenvalue weighted by Crippen LogP contribution is -2.22. The third-order valence-electron chi connectivity index (χ3n) is 6.36. The number of aromatic nitrogens is 2. The molecule has 1 aliphatic carbocycles. The number of fused-ring (bicyclic) bond motifs is 4. The van der Waals surface area contributed by atoms with Crippen LogP contribution in [0.15, 0.2) is 42.5 Å². The fourth-order valence-electron chi connectivity index (χ4n) is 4.87. The molecule has 1 amide bonds. The Morgan fingerprint density at radius 1 is 1.06 bits per heavy atom. The summed E-state index contributed by atoms with van der Waals surface area (Å²) in [7, 11) is 0. The van der Waals surface area contributed by atoms with E-state index in [9.17, 15) is 4.79 Å². The van der Waals surface area contributed by atoms with E-state index in [4.69, 9.17) is 11.5 Å². The molecule has 5 N–H and O–H groups in total. The Morgan fingerprint density at radius 3 is 2.74 bits per heavy atom. The molecule has 2 aromatic carbocycles. The maximum absolute atomic E-state index is 12.9. The standard InChI is InChI=1S/C25H27N5O/c1-2-30-21-6-4-3-5-18(21)20-12-17(9-10-22(20)30)25(31)28-14-15-7-8-16-13-23(26)29-24(27)19(16)11-15/h7-13H,2-6,14H2,1H3,(H,28,31)(H4,26,27,29). The number of amides is 1. The van der Waals surface area contributed by atoms with Gasteiger partial charge in [0.1, 0.15) is 11.6 Å². The highest BCUT2D eigenvalue weighted by Crippen LogP contribution is 2.33. The van der Waals surface area contributed by atoms with Gasteiger partial charge in [-0.25, -0.2) is 4.98 Å². The van der Waals surface area contributed by atoms with Crippen molar-refractivity contribution in [2.75, 3.05) is 11.5 Å². The van der Waals surface area contributed by atoms with Crippen molar-refractivity contribution in [3.05, 3.63) is 64.8 Å². The molecule has 4 aromatic rings. The van der Waals surface area contributed by atoms with Crippen LogP contribution in [0.1, 0.15) is 46.9 Å². The number of aryl methyl sites for hydroxylation is 2. The molecule has 0 spiro atoms.